The van der Waals surface area contributed by atoms with Crippen molar-refractivity contribution in [2.75, 3.05) is 0 Å². The lowest BCUT2D eigenvalue weighted by molar-refractivity contribution is -0.142. The maximum absolute atomic E-state index is 5.69. The molecule has 2 heteroatoms. The molecule has 4 rings (SSSR count). The molecule has 4 aliphatic rings. The van der Waals surface area contributed by atoms with Crippen LogP contribution in [0.1, 0.15) is 39.0 Å². The van der Waals surface area contributed by atoms with Gasteiger partial charge in [-0.05, 0) is 62.7 Å². The quantitative estimate of drug-likeness (QED) is 0.631. The summed E-state index contributed by atoms with van der Waals surface area (Å²) in [6.07, 6.45) is 6.98. The molecule has 1 nitrogen and oxygen atoms in total. The van der Waals surface area contributed by atoms with Crippen LogP contribution < -0.4 is 0 Å². The number of halogens is 1. The standard InChI is InChI=1S/C11H17ClO/c1-11(13-12)9-3-7-2-8(5-9)6-10(11)4-7/h7-10H,2-6H2,1H3. The van der Waals surface area contributed by atoms with Crippen LogP contribution in [0.5, 0.6) is 0 Å². The first kappa shape index (κ1) is 8.55. The predicted octanol–water partition coefficient (Wildman–Crippen LogP) is 3.37. The van der Waals surface area contributed by atoms with Gasteiger partial charge in [0.25, 0.3) is 0 Å². The molecular weight excluding hydrogens is 184 g/mol. The number of hydrogen-bond donors (Lipinski definition) is 0. The first-order valence-corrected chi connectivity index (χ1v) is 5.83. The Kier molecular flexibility index (Phi) is 1.73. The zero-order valence-electron chi connectivity index (χ0n) is 8.13. The lowest BCUT2D eigenvalue weighted by Gasteiger charge is -2.58. The van der Waals surface area contributed by atoms with Crippen molar-refractivity contribution in [3.05, 3.63) is 0 Å². The fraction of sp³-hybridized carbons (Fsp3) is 1.00. The summed E-state index contributed by atoms with van der Waals surface area (Å²) < 4.78 is 5.29. The molecular formula is C11H17ClO. The molecule has 0 spiro atoms. The van der Waals surface area contributed by atoms with Gasteiger partial charge in [0.15, 0.2) is 0 Å². The zero-order chi connectivity index (χ0) is 9.05. The number of hydrogen-bond acceptors (Lipinski definition) is 1. The van der Waals surface area contributed by atoms with Crippen molar-refractivity contribution in [3.63, 3.8) is 0 Å². The van der Waals surface area contributed by atoms with Crippen LogP contribution in [-0.2, 0) is 4.29 Å². The lowest BCUT2D eigenvalue weighted by atomic mass is 9.50. The zero-order valence-corrected chi connectivity index (χ0v) is 8.89. The summed E-state index contributed by atoms with van der Waals surface area (Å²) in [5.41, 5.74) is 0.00890. The van der Waals surface area contributed by atoms with E-state index in [9.17, 15) is 0 Å². The molecule has 0 aromatic carbocycles. The van der Waals surface area contributed by atoms with Crippen molar-refractivity contribution >= 4 is 11.9 Å². The third-order valence-corrected chi connectivity index (χ3v) is 5.26. The van der Waals surface area contributed by atoms with Crippen molar-refractivity contribution in [1.29, 1.82) is 0 Å². The second kappa shape index (κ2) is 2.64. The van der Waals surface area contributed by atoms with Gasteiger partial charge >= 0.3 is 0 Å². The highest BCUT2D eigenvalue weighted by atomic mass is 35.5. The highest BCUT2D eigenvalue weighted by molar-refractivity contribution is 6.07. The summed E-state index contributed by atoms with van der Waals surface area (Å²) in [5.74, 6) is 3.51. The van der Waals surface area contributed by atoms with Crippen molar-refractivity contribution in [1.82, 2.24) is 0 Å². The van der Waals surface area contributed by atoms with Gasteiger partial charge in [0, 0.05) is 0 Å². The lowest BCUT2D eigenvalue weighted by Crippen LogP contribution is -2.56. The van der Waals surface area contributed by atoms with E-state index in [1.807, 2.05) is 0 Å². The second-order valence-electron chi connectivity index (χ2n) is 5.57. The van der Waals surface area contributed by atoms with E-state index in [1.165, 1.54) is 32.1 Å². The topological polar surface area (TPSA) is 9.23 Å². The Hall–Kier alpha value is 0.250. The molecule has 0 N–H and O–H groups in total. The minimum absolute atomic E-state index is 0.00890. The van der Waals surface area contributed by atoms with E-state index >= 15 is 0 Å². The fourth-order valence-corrected chi connectivity index (χ4v) is 4.50. The van der Waals surface area contributed by atoms with E-state index in [4.69, 9.17) is 16.2 Å². The van der Waals surface area contributed by atoms with Crippen LogP contribution in [0.2, 0.25) is 0 Å². The van der Waals surface area contributed by atoms with Crippen molar-refractivity contribution in [2.24, 2.45) is 23.7 Å². The van der Waals surface area contributed by atoms with E-state index in [-0.39, 0.29) is 5.60 Å². The predicted molar refractivity (Wildman–Crippen MR) is 52.4 cm³/mol. The summed E-state index contributed by atoms with van der Waals surface area (Å²) in [4.78, 5) is 0. The monoisotopic (exact) mass is 200 g/mol. The SMILES string of the molecule is CC1(OCl)C2CC3CC(C2)CC1C3. The third kappa shape index (κ3) is 1.04. The van der Waals surface area contributed by atoms with Crippen LogP contribution in [0.3, 0.4) is 0 Å². The Labute approximate surface area is 85.0 Å². The van der Waals surface area contributed by atoms with Gasteiger partial charge in [-0.15, -0.1) is 0 Å². The molecule has 0 aliphatic heterocycles. The van der Waals surface area contributed by atoms with Gasteiger partial charge in [0.1, 0.15) is 0 Å². The minimum atomic E-state index is 0.00890. The molecule has 0 aromatic heterocycles. The molecule has 4 aliphatic carbocycles. The summed E-state index contributed by atoms with van der Waals surface area (Å²) in [7, 11) is 0. The smallest absolute Gasteiger partial charge is 0.0925 e. The number of rotatable bonds is 1. The molecule has 0 heterocycles. The second-order valence-corrected chi connectivity index (χ2v) is 5.72. The molecule has 0 atom stereocenters. The Morgan fingerprint density at radius 1 is 1.00 bits per heavy atom. The van der Waals surface area contributed by atoms with Gasteiger partial charge in [-0.2, -0.15) is 0 Å². The Balaban J connectivity index is 1.93. The molecule has 4 saturated carbocycles. The van der Waals surface area contributed by atoms with Crippen LogP contribution in [0.15, 0.2) is 0 Å². The molecule has 0 saturated heterocycles. The van der Waals surface area contributed by atoms with Crippen LogP contribution in [0.4, 0.5) is 0 Å². The van der Waals surface area contributed by atoms with E-state index in [1.54, 1.807) is 0 Å². The normalized spacial score (nSPS) is 58.6. The van der Waals surface area contributed by atoms with Gasteiger partial charge in [-0.25, -0.2) is 0 Å². The van der Waals surface area contributed by atoms with Gasteiger partial charge < -0.3 is 0 Å². The van der Waals surface area contributed by atoms with E-state index in [0.717, 1.165) is 23.7 Å². The summed E-state index contributed by atoms with van der Waals surface area (Å²) in [6.45, 7) is 2.23. The Morgan fingerprint density at radius 2 is 1.46 bits per heavy atom. The molecule has 0 radical (unpaired) electrons. The first-order chi connectivity index (χ1) is 6.22. The fourth-order valence-electron chi connectivity index (χ4n) is 4.25. The van der Waals surface area contributed by atoms with Crippen LogP contribution >= 0.6 is 11.9 Å². The highest BCUT2D eigenvalue weighted by Crippen LogP contribution is 2.59. The Bertz CT molecular complexity index is 198. The van der Waals surface area contributed by atoms with Crippen molar-refractivity contribution < 1.29 is 4.29 Å². The maximum atomic E-state index is 5.69. The average Bonchev–Trinajstić information content (AvgIpc) is 2.13. The average molecular weight is 201 g/mol. The minimum Gasteiger partial charge on any atom is -0.272 e. The van der Waals surface area contributed by atoms with E-state index < -0.39 is 0 Å². The van der Waals surface area contributed by atoms with Crippen LogP contribution in [0, 0.1) is 23.7 Å². The van der Waals surface area contributed by atoms with E-state index in [2.05, 4.69) is 6.92 Å². The molecule has 0 unspecified atom stereocenters. The van der Waals surface area contributed by atoms with Gasteiger partial charge in [0.05, 0.1) is 17.5 Å². The van der Waals surface area contributed by atoms with Crippen LogP contribution in [0.25, 0.3) is 0 Å². The molecule has 4 bridgehead atoms. The largest absolute Gasteiger partial charge is 0.272 e. The maximum Gasteiger partial charge on any atom is 0.0925 e. The highest BCUT2D eigenvalue weighted by Gasteiger charge is 2.55. The first-order valence-electron chi connectivity index (χ1n) is 5.52. The van der Waals surface area contributed by atoms with Gasteiger partial charge in [0.2, 0.25) is 0 Å². The summed E-state index contributed by atoms with van der Waals surface area (Å²) in [5, 5.41) is 0. The van der Waals surface area contributed by atoms with Gasteiger partial charge in [-0.1, -0.05) is 0 Å². The molecule has 13 heavy (non-hydrogen) atoms. The molecule has 4 fully saturated rings. The van der Waals surface area contributed by atoms with Crippen LogP contribution in [-0.4, -0.2) is 5.60 Å². The summed E-state index contributed by atoms with van der Waals surface area (Å²) in [6, 6.07) is 0. The van der Waals surface area contributed by atoms with Crippen molar-refractivity contribution in [2.45, 2.75) is 44.6 Å². The van der Waals surface area contributed by atoms with Crippen molar-refractivity contribution in [3.8, 4) is 0 Å². The van der Waals surface area contributed by atoms with Gasteiger partial charge in [-0.3, -0.25) is 4.29 Å². The Morgan fingerprint density at radius 3 is 1.85 bits per heavy atom. The molecule has 0 amide bonds. The summed E-state index contributed by atoms with van der Waals surface area (Å²) >= 11 is 5.69. The van der Waals surface area contributed by atoms with E-state index in [0.29, 0.717) is 0 Å². The third-order valence-electron chi connectivity index (χ3n) is 4.93. The molecule has 0 aromatic rings. The molecule has 74 valence electrons.